The summed E-state index contributed by atoms with van der Waals surface area (Å²) in [6.45, 7) is 6.29. The molecule has 1 fully saturated rings. The first-order valence-electron chi connectivity index (χ1n) is 10.8. The van der Waals surface area contributed by atoms with Gasteiger partial charge in [0.1, 0.15) is 0 Å². The van der Waals surface area contributed by atoms with Crippen molar-refractivity contribution in [1.29, 1.82) is 0 Å². The first-order chi connectivity index (χ1) is 15.0. The van der Waals surface area contributed by atoms with Gasteiger partial charge in [-0.2, -0.15) is 4.31 Å². The maximum Gasteiger partial charge on any atom is 0.310 e. The average molecular weight is 468 g/mol. The molecule has 178 valence electrons. The Labute approximate surface area is 190 Å². The average Bonchev–Trinajstić information content (AvgIpc) is 2.78. The summed E-state index contributed by atoms with van der Waals surface area (Å²) in [6, 6.07) is 5.48. The van der Waals surface area contributed by atoms with Gasteiger partial charge in [0.2, 0.25) is 15.9 Å². The molecule has 0 bridgehead atoms. The number of likely N-dealkylation sites (N-methyl/N-ethyl adjacent to an activating group) is 1. The van der Waals surface area contributed by atoms with Crippen LogP contribution in [0.2, 0.25) is 0 Å². The van der Waals surface area contributed by atoms with Crippen LogP contribution in [0.3, 0.4) is 0 Å². The predicted octanol–water partition coefficient (Wildman–Crippen LogP) is 1.59. The summed E-state index contributed by atoms with van der Waals surface area (Å²) in [5.74, 6) is -1.27. The Hall–Kier alpha value is -2.46. The molecule has 1 aliphatic rings. The number of piperidine rings is 1. The minimum atomic E-state index is -3.64. The van der Waals surface area contributed by atoms with Crippen LogP contribution in [0.1, 0.15) is 44.0 Å². The number of hydrogen-bond donors (Lipinski definition) is 0. The minimum absolute atomic E-state index is 0.0994. The van der Waals surface area contributed by atoms with Crippen LogP contribution in [0.25, 0.3) is 0 Å². The molecule has 1 aliphatic heterocycles. The number of amides is 2. The van der Waals surface area contributed by atoms with Crippen LogP contribution < -0.4 is 0 Å². The predicted molar refractivity (Wildman–Crippen MR) is 119 cm³/mol. The van der Waals surface area contributed by atoms with Gasteiger partial charge in [0.15, 0.2) is 0 Å². The van der Waals surface area contributed by atoms with Crippen molar-refractivity contribution in [3.8, 4) is 0 Å². The molecule has 2 rings (SSSR count). The second-order valence-electron chi connectivity index (χ2n) is 8.23. The molecule has 0 aliphatic carbocycles. The zero-order valence-electron chi connectivity index (χ0n) is 19.4. The van der Waals surface area contributed by atoms with Gasteiger partial charge in [0, 0.05) is 38.8 Å². The third-order valence-corrected chi connectivity index (χ3v) is 7.67. The molecule has 0 aromatic heterocycles. The Morgan fingerprint density at radius 3 is 2.34 bits per heavy atom. The van der Waals surface area contributed by atoms with Crippen LogP contribution in [0.5, 0.6) is 0 Å². The van der Waals surface area contributed by atoms with Gasteiger partial charge < -0.3 is 14.5 Å². The number of carbonyl (C=O) groups excluding carboxylic acids is 3. The van der Waals surface area contributed by atoms with E-state index in [2.05, 4.69) is 0 Å². The van der Waals surface area contributed by atoms with E-state index in [1.165, 1.54) is 47.6 Å². The van der Waals surface area contributed by atoms with Gasteiger partial charge in [0.25, 0.3) is 5.91 Å². The van der Waals surface area contributed by atoms with Gasteiger partial charge >= 0.3 is 5.97 Å². The maximum absolute atomic E-state index is 12.7. The van der Waals surface area contributed by atoms with Gasteiger partial charge in [-0.15, -0.1) is 0 Å². The first kappa shape index (κ1) is 25.8. The molecule has 0 radical (unpaired) electrons. The maximum atomic E-state index is 12.7. The fourth-order valence-electron chi connectivity index (χ4n) is 3.46. The van der Waals surface area contributed by atoms with Gasteiger partial charge in [-0.1, -0.05) is 0 Å². The SMILES string of the molecule is CCOC(=O)C1CCCN(C(=O)CN(C)C(=O)c2ccc(S(=O)(=O)N(C)C(C)C)cc2)C1. The number of likely N-dealkylation sites (tertiary alicyclic amines) is 1. The molecule has 1 heterocycles. The van der Waals surface area contributed by atoms with E-state index in [0.717, 1.165) is 0 Å². The number of carbonyl (C=O) groups is 3. The zero-order chi connectivity index (χ0) is 24.1. The van der Waals surface area contributed by atoms with Crippen molar-refractivity contribution < 1.29 is 27.5 Å². The van der Waals surface area contributed by atoms with Gasteiger partial charge in [-0.25, -0.2) is 8.42 Å². The van der Waals surface area contributed by atoms with Crippen molar-refractivity contribution in [2.24, 2.45) is 5.92 Å². The fraction of sp³-hybridized carbons (Fsp3) is 0.591. The molecule has 1 aromatic rings. The first-order valence-corrected chi connectivity index (χ1v) is 12.2. The van der Waals surface area contributed by atoms with Crippen LogP contribution in [-0.2, 0) is 24.3 Å². The van der Waals surface area contributed by atoms with E-state index in [0.29, 0.717) is 26.0 Å². The topological polar surface area (TPSA) is 104 Å². The third-order valence-electron chi connectivity index (χ3n) is 5.62. The lowest BCUT2D eigenvalue weighted by molar-refractivity contribution is -0.151. The highest BCUT2D eigenvalue weighted by Gasteiger charge is 2.30. The monoisotopic (exact) mass is 467 g/mol. The summed E-state index contributed by atoms with van der Waals surface area (Å²) in [4.78, 5) is 40.4. The number of ether oxygens (including phenoxy) is 1. The smallest absolute Gasteiger partial charge is 0.310 e. The van der Waals surface area contributed by atoms with Crippen molar-refractivity contribution >= 4 is 27.8 Å². The molecule has 2 amide bonds. The molecule has 1 unspecified atom stereocenters. The fourth-order valence-corrected chi connectivity index (χ4v) is 4.83. The quantitative estimate of drug-likeness (QED) is 0.538. The van der Waals surface area contributed by atoms with Crippen molar-refractivity contribution in [2.75, 3.05) is 40.3 Å². The second-order valence-corrected chi connectivity index (χ2v) is 10.2. The van der Waals surface area contributed by atoms with Crippen LogP contribution in [0, 0.1) is 5.92 Å². The molecule has 0 spiro atoms. The standard InChI is InChI=1S/C22H33N3O6S/c1-6-31-22(28)18-8-7-13-25(14-18)20(26)15-23(4)21(27)17-9-11-19(12-10-17)32(29,30)24(5)16(2)3/h9-12,16,18H,6-8,13-15H2,1-5H3. The molecule has 1 atom stereocenters. The number of nitrogens with zero attached hydrogens (tertiary/aromatic N) is 3. The number of sulfonamides is 1. The van der Waals surface area contributed by atoms with Gasteiger partial charge in [-0.05, 0) is 57.9 Å². The zero-order valence-corrected chi connectivity index (χ0v) is 20.2. The van der Waals surface area contributed by atoms with Crippen LogP contribution in [0.4, 0.5) is 0 Å². The molecule has 1 aromatic carbocycles. The Morgan fingerprint density at radius 2 is 1.78 bits per heavy atom. The van der Waals surface area contributed by atoms with Crippen molar-refractivity contribution in [1.82, 2.24) is 14.1 Å². The highest BCUT2D eigenvalue weighted by molar-refractivity contribution is 7.89. The molecule has 10 heteroatoms. The molecular formula is C22H33N3O6S. The van der Waals surface area contributed by atoms with Gasteiger partial charge in [0.05, 0.1) is 24.0 Å². The third kappa shape index (κ3) is 6.07. The highest BCUT2D eigenvalue weighted by atomic mass is 32.2. The Bertz CT molecular complexity index is 929. The molecule has 1 saturated heterocycles. The van der Waals surface area contributed by atoms with E-state index in [9.17, 15) is 22.8 Å². The normalized spacial score (nSPS) is 16.8. The van der Waals surface area contributed by atoms with Gasteiger partial charge in [-0.3, -0.25) is 14.4 Å². The second kappa shape index (κ2) is 10.9. The number of rotatable bonds is 8. The summed E-state index contributed by atoms with van der Waals surface area (Å²) in [5.41, 5.74) is 0.287. The van der Waals surface area contributed by atoms with Crippen LogP contribution in [0.15, 0.2) is 29.2 Å². The highest BCUT2D eigenvalue weighted by Crippen LogP contribution is 2.20. The van der Waals surface area contributed by atoms with E-state index in [1.54, 1.807) is 25.7 Å². The lowest BCUT2D eigenvalue weighted by atomic mass is 9.98. The van der Waals surface area contributed by atoms with Crippen molar-refractivity contribution in [2.45, 2.75) is 44.6 Å². The summed E-state index contributed by atoms with van der Waals surface area (Å²) in [6.07, 6.45) is 1.38. The molecule has 32 heavy (non-hydrogen) atoms. The number of esters is 1. The van der Waals surface area contributed by atoms with Crippen molar-refractivity contribution in [3.05, 3.63) is 29.8 Å². The van der Waals surface area contributed by atoms with E-state index < -0.39 is 15.9 Å². The summed E-state index contributed by atoms with van der Waals surface area (Å²) in [7, 11) is -0.618. The largest absolute Gasteiger partial charge is 0.466 e. The lowest BCUT2D eigenvalue weighted by Gasteiger charge is -2.32. The Balaban J connectivity index is 2.01. The van der Waals surface area contributed by atoms with E-state index in [-0.39, 0.29) is 47.4 Å². The van der Waals surface area contributed by atoms with E-state index >= 15 is 0 Å². The lowest BCUT2D eigenvalue weighted by Crippen LogP contribution is -2.47. The summed E-state index contributed by atoms with van der Waals surface area (Å²) in [5, 5.41) is 0. The summed E-state index contributed by atoms with van der Waals surface area (Å²) < 4.78 is 31.5. The number of benzene rings is 1. The Kier molecular flexibility index (Phi) is 8.80. The molecular weight excluding hydrogens is 434 g/mol. The van der Waals surface area contributed by atoms with Crippen molar-refractivity contribution in [3.63, 3.8) is 0 Å². The molecule has 0 N–H and O–H groups in total. The van der Waals surface area contributed by atoms with Crippen LogP contribution >= 0.6 is 0 Å². The Morgan fingerprint density at radius 1 is 1.16 bits per heavy atom. The summed E-state index contributed by atoms with van der Waals surface area (Å²) >= 11 is 0. The minimum Gasteiger partial charge on any atom is -0.466 e. The van der Waals surface area contributed by atoms with E-state index in [1.807, 2.05) is 0 Å². The van der Waals surface area contributed by atoms with E-state index in [4.69, 9.17) is 4.74 Å². The van der Waals surface area contributed by atoms with Crippen LogP contribution in [-0.4, -0.2) is 86.7 Å². The molecule has 9 nitrogen and oxygen atoms in total. The number of hydrogen-bond acceptors (Lipinski definition) is 6. The molecule has 0 saturated carbocycles.